The number of hydrogen-bond donors (Lipinski definition) is 2. The molecule has 3 aliphatic rings. The Morgan fingerprint density at radius 2 is 1.85 bits per heavy atom. The Labute approximate surface area is 313 Å². The Balaban J connectivity index is 1.31. The number of carboxylic acid groups (broad SMARTS) is 1. The molecule has 2 aliphatic heterocycles. The van der Waals surface area contributed by atoms with Gasteiger partial charge < -0.3 is 19.2 Å². The highest BCUT2D eigenvalue weighted by Crippen LogP contribution is 2.50. The number of aliphatic carboxylic acids is 1. The van der Waals surface area contributed by atoms with Crippen molar-refractivity contribution in [2.75, 3.05) is 19.6 Å². The number of ether oxygens (including phenoxy) is 1. The number of allylic oxidation sites excluding steroid dienone is 4. The number of fused-ring (bicyclic) bond motifs is 2. The van der Waals surface area contributed by atoms with Crippen LogP contribution in [0.4, 0.5) is 22.0 Å². The number of oxazole rings is 1. The summed E-state index contributed by atoms with van der Waals surface area (Å²) in [4.78, 5) is 28.6. The number of halogens is 5. The molecule has 3 aromatic carbocycles. The van der Waals surface area contributed by atoms with E-state index in [1.165, 1.54) is 12.1 Å². The van der Waals surface area contributed by atoms with Gasteiger partial charge in [-0.2, -0.15) is 22.0 Å². The number of alkyl halides is 5. The van der Waals surface area contributed by atoms with E-state index >= 15 is 0 Å². The Hall–Kier alpha value is -5.08. The second-order valence-electron chi connectivity index (χ2n) is 14.8. The van der Waals surface area contributed by atoms with Crippen molar-refractivity contribution >= 4 is 33.7 Å². The van der Waals surface area contributed by atoms with Crippen LogP contribution in [0.1, 0.15) is 72.1 Å². The van der Waals surface area contributed by atoms with Crippen molar-refractivity contribution in [2.24, 2.45) is 5.92 Å². The average Bonchev–Trinajstić information content (AvgIpc) is 3.96. The van der Waals surface area contributed by atoms with E-state index in [4.69, 9.17) is 19.1 Å². The van der Waals surface area contributed by atoms with Gasteiger partial charge in [0, 0.05) is 30.6 Å². The monoisotopic (exact) mass is 761 g/mol. The summed E-state index contributed by atoms with van der Waals surface area (Å²) in [7, 11) is 0. The Kier molecular flexibility index (Phi) is 9.53. The van der Waals surface area contributed by atoms with Crippen LogP contribution in [0.5, 0.6) is 5.75 Å². The van der Waals surface area contributed by atoms with Crippen LogP contribution >= 0.6 is 0 Å². The van der Waals surface area contributed by atoms with Crippen molar-refractivity contribution in [3.63, 3.8) is 0 Å². The number of aromatic amines is 1. The largest absolute Gasteiger partial charge is 0.480 e. The van der Waals surface area contributed by atoms with E-state index < -0.39 is 41.7 Å². The lowest BCUT2D eigenvalue weighted by Gasteiger charge is -2.36. The number of hydrogen-bond acceptors (Lipinski definition) is 7. The molecule has 8 rings (SSSR count). The smallest absolute Gasteiger partial charge is 0.418 e. The second-order valence-corrected chi connectivity index (χ2v) is 14.8. The van der Waals surface area contributed by atoms with Gasteiger partial charge in [-0.3, -0.25) is 14.6 Å². The Morgan fingerprint density at radius 1 is 1.07 bits per heavy atom. The molecule has 2 unspecified atom stereocenters. The topological polar surface area (TPSA) is 108 Å². The molecular weight excluding hydrogens is 721 g/mol. The van der Waals surface area contributed by atoms with Gasteiger partial charge in [0.15, 0.2) is 5.58 Å². The van der Waals surface area contributed by atoms with Crippen LogP contribution in [0.25, 0.3) is 27.7 Å². The number of nitrogens with one attached hydrogen (secondary N) is 1. The molecule has 14 heteroatoms. The van der Waals surface area contributed by atoms with Gasteiger partial charge in [-0.1, -0.05) is 49.4 Å². The molecule has 0 amide bonds. The van der Waals surface area contributed by atoms with Crippen LogP contribution in [0.15, 0.2) is 71.2 Å². The van der Waals surface area contributed by atoms with Crippen molar-refractivity contribution in [2.45, 2.75) is 76.9 Å². The quantitative estimate of drug-likeness (QED) is 0.136. The van der Waals surface area contributed by atoms with Gasteiger partial charge in [0.1, 0.15) is 34.1 Å². The lowest BCUT2D eigenvalue weighted by molar-refractivity contribution is -0.142. The molecule has 1 aliphatic carbocycles. The molecule has 5 aromatic rings. The third-order valence-electron chi connectivity index (χ3n) is 11.4. The molecule has 0 bridgehead atoms. The standard InChI is InChI=1S/C41H40F5N5O4/c1-23-9-3-4-10-27(23)28-11-7-13-40(24(28)2,37-47-31-18-25(21-50-14-5-6-15-50)17-29(35(31)49-37)41(44,45)46)38-48-30-19-26(22-51-16-8-12-32(51)36(52)53)33(55-39(42)43)20-34(30)54-38/h3-4,7,9-11,13,17-20,24,32,39H,5-6,8,12,14-16,21-22H2,1-2H3,(H,47,49)(H,52,53)/t24?,32-,40?/m0/s1. The molecule has 9 nitrogen and oxygen atoms in total. The molecule has 0 saturated carbocycles. The van der Waals surface area contributed by atoms with E-state index in [-0.39, 0.29) is 46.1 Å². The van der Waals surface area contributed by atoms with Crippen LogP contribution < -0.4 is 4.74 Å². The average molecular weight is 762 g/mol. The van der Waals surface area contributed by atoms with Gasteiger partial charge in [0.25, 0.3) is 0 Å². The zero-order valence-corrected chi connectivity index (χ0v) is 30.3. The molecular formula is C41H40F5N5O4. The van der Waals surface area contributed by atoms with Gasteiger partial charge in [-0.25, -0.2) is 9.97 Å². The highest BCUT2D eigenvalue weighted by molar-refractivity contribution is 5.83. The second kappa shape index (κ2) is 14.2. The summed E-state index contributed by atoms with van der Waals surface area (Å²) in [5.74, 6) is -1.44. The van der Waals surface area contributed by atoms with E-state index in [1.807, 2.05) is 50.3 Å². The van der Waals surface area contributed by atoms with E-state index in [0.29, 0.717) is 37.1 Å². The van der Waals surface area contributed by atoms with E-state index in [1.54, 1.807) is 23.1 Å². The fourth-order valence-corrected chi connectivity index (χ4v) is 8.60. The van der Waals surface area contributed by atoms with E-state index in [9.17, 15) is 31.9 Å². The molecule has 0 radical (unpaired) electrons. The molecule has 288 valence electrons. The molecule has 55 heavy (non-hydrogen) atoms. The number of aromatic nitrogens is 3. The summed E-state index contributed by atoms with van der Waals surface area (Å²) in [5.41, 5.74) is 1.72. The number of rotatable bonds is 10. The van der Waals surface area contributed by atoms with Gasteiger partial charge in [-0.15, -0.1) is 0 Å². The number of benzene rings is 3. The minimum Gasteiger partial charge on any atom is -0.480 e. The summed E-state index contributed by atoms with van der Waals surface area (Å²) < 4.78 is 83.2. The highest BCUT2D eigenvalue weighted by atomic mass is 19.4. The predicted molar refractivity (Wildman–Crippen MR) is 196 cm³/mol. The zero-order chi connectivity index (χ0) is 38.6. The van der Waals surface area contributed by atoms with Crippen LogP contribution in [0.2, 0.25) is 0 Å². The molecule has 0 spiro atoms. The summed E-state index contributed by atoms with van der Waals surface area (Å²) in [6, 6.07) is 12.8. The first-order chi connectivity index (χ1) is 26.3. The maximum absolute atomic E-state index is 14.8. The summed E-state index contributed by atoms with van der Waals surface area (Å²) >= 11 is 0. The predicted octanol–water partition coefficient (Wildman–Crippen LogP) is 8.85. The number of nitrogens with zero attached hydrogens (tertiary/aromatic N) is 4. The number of aryl methyl sites for hydroxylation is 1. The van der Waals surface area contributed by atoms with Crippen molar-refractivity contribution in [3.05, 3.63) is 106 Å². The van der Waals surface area contributed by atoms with Gasteiger partial charge in [0.2, 0.25) is 5.89 Å². The van der Waals surface area contributed by atoms with E-state index in [2.05, 4.69) is 9.88 Å². The fourth-order valence-electron chi connectivity index (χ4n) is 8.60. The molecule has 2 aromatic heterocycles. The van der Waals surface area contributed by atoms with Crippen molar-refractivity contribution in [1.29, 1.82) is 0 Å². The Morgan fingerprint density at radius 3 is 2.58 bits per heavy atom. The lowest BCUT2D eigenvalue weighted by atomic mass is 9.67. The summed E-state index contributed by atoms with van der Waals surface area (Å²) in [6.07, 6.45) is 3.92. The molecule has 2 fully saturated rings. The number of H-pyrrole nitrogens is 1. The maximum atomic E-state index is 14.8. The van der Waals surface area contributed by atoms with Crippen LogP contribution in [-0.2, 0) is 29.5 Å². The third-order valence-corrected chi connectivity index (χ3v) is 11.4. The zero-order valence-electron chi connectivity index (χ0n) is 30.3. The van der Waals surface area contributed by atoms with E-state index in [0.717, 1.165) is 42.6 Å². The number of carboxylic acids is 1. The minimum absolute atomic E-state index is 0.0162. The maximum Gasteiger partial charge on any atom is 0.418 e. The lowest BCUT2D eigenvalue weighted by Crippen LogP contribution is -2.37. The fraction of sp³-hybridized carbons (Fsp3) is 0.390. The van der Waals surface area contributed by atoms with Crippen molar-refractivity contribution in [3.8, 4) is 5.75 Å². The highest BCUT2D eigenvalue weighted by Gasteiger charge is 2.49. The first kappa shape index (κ1) is 36.9. The normalized spacial score (nSPS) is 22.4. The third kappa shape index (κ3) is 6.79. The van der Waals surface area contributed by atoms with Gasteiger partial charge >= 0.3 is 18.8 Å². The summed E-state index contributed by atoms with van der Waals surface area (Å²) in [5, 5.41) is 9.77. The molecule has 3 atom stereocenters. The van der Waals surface area contributed by atoms with Gasteiger partial charge in [0.05, 0.1) is 11.1 Å². The molecule has 2 N–H and O–H groups in total. The first-order valence-corrected chi connectivity index (χ1v) is 18.5. The number of likely N-dealkylation sites (tertiary alicyclic amines) is 2. The molecule has 2 saturated heterocycles. The Bertz CT molecular complexity index is 2320. The summed E-state index contributed by atoms with van der Waals surface area (Å²) in [6.45, 7) is 3.21. The van der Waals surface area contributed by atoms with Crippen LogP contribution in [-0.4, -0.2) is 68.1 Å². The number of carbonyl (C=O) groups is 1. The first-order valence-electron chi connectivity index (χ1n) is 18.5. The SMILES string of the molecule is Cc1ccccc1C1=CC=CC(c2nc3c(C(F)(F)F)cc(CN4CCCC4)cc3[nH]2)(c2nc3cc(CN4CCC[C@H]4C(=O)O)c(OC(F)F)cc3o2)C1C. The van der Waals surface area contributed by atoms with Crippen LogP contribution in [0, 0.1) is 12.8 Å². The van der Waals surface area contributed by atoms with Crippen LogP contribution in [0.3, 0.4) is 0 Å². The van der Waals surface area contributed by atoms with Crippen molar-refractivity contribution in [1.82, 2.24) is 24.8 Å². The minimum atomic E-state index is -4.69. The van der Waals surface area contributed by atoms with Crippen molar-refractivity contribution < 1.29 is 41.0 Å². The number of imidazole rings is 1. The van der Waals surface area contributed by atoms with Gasteiger partial charge in [-0.05, 0) is 92.7 Å². The molecule has 4 heterocycles.